The topological polar surface area (TPSA) is 65.5 Å². The van der Waals surface area contributed by atoms with Gasteiger partial charge in [-0.15, -0.1) is 0 Å². The molecule has 0 radical (unpaired) electrons. The highest BCUT2D eigenvalue weighted by atomic mass is 32.2. The summed E-state index contributed by atoms with van der Waals surface area (Å²) in [5.74, 6) is 0.547. The van der Waals surface area contributed by atoms with Crippen LogP contribution in [0.5, 0.6) is 5.75 Å². The highest BCUT2D eigenvalue weighted by Gasteiger charge is 2.17. The maximum atomic E-state index is 12.0. The van der Waals surface area contributed by atoms with Crippen LogP contribution in [-0.4, -0.2) is 35.1 Å². The zero-order valence-corrected chi connectivity index (χ0v) is 12.5. The first-order chi connectivity index (χ1) is 8.96. The third-order valence-electron chi connectivity index (χ3n) is 2.56. The van der Waals surface area contributed by atoms with E-state index in [2.05, 4.69) is 9.72 Å². The van der Waals surface area contributed by atoms with Crippen LogP contribution >= 0.6 is 0 Å². The highest BCUT2D eigenvalue weighted by molar-refractivity contribution is 7.84. The van der Waals surface area contributed by atoms with E-state index in [4.69, 9.17) is 4.74 Å². The summed E-state index contributed by atoms with van der Waals surface area (Å²) in [5.41, 5.74) is 1.51. The molecule has 5 nitrogen and oxygen atoms in total. The van der Waals surface area contributed by atoms with E-state index in [1.54, 1.807) is 20.1 Å². The molecule has 2 unspecified atom stereocenters. The normalized spacial score (nSPS) is 13.7. The third kappa shape index (κ3) is 4.98. The quantitative estimate of drug-likeness (QED) is 0.740. The van der Waals surface area contributed by atoms with Gasteiger partial charge in [0.2, 0.25) is 0 Å². The Morgan fingerprint density at radius 3 is 2.68 bits per heavy atom. The number of carbonyl (C=O) groups excluding carboxylic acids is 1. The molecule has 1 rings (SSSR count). The Morgan fingerprint density at radius 1 is 1.42 bits per heavy atom. The Bertz CT molecular complexity index is 476. The molecule has 19 heavy (non-hydrogen) atoms. The summed E-state index contributed by atoms with van der Waals surface area (Å²) in [7, 11) is 1.75. The standard InChI is InChI=1S/C13H19NO4S/c1-9(13(15)18-4)7-19(16)8-11-6-12(17-3)5-10(2)14-11/h5-6,9H,7-8H2,1-4H3. The minimum atomic E-state index is -1.16. The van der Waals surface area contributed by atoms with Crippen LogP contribution in [0.25, 0.3) is 0 Å². The lowest BCUT2D eigenvalue weighted by atomic mass is 10.2. The van der Waals surface area contributed by atoms with Crippen molar-refractivity contribution in [3.63, 3.8) is 0 Å². The molecular weight excluding hydrogens is 266 g/mol. The number of esters is 1. The molecule has 1 heterocycles. The van der Waals surface area contributed by atoms with E-state index in [0.717, 1.165) is 5.69 Å². The van der Waals surface area contributed by atoms with Gasteiger partial charge in [0.15, 0.2) is 0 Å². The molecule has 0 aliphatic carbocycles. The average molecular weight is 285 g/mol. The fourth-order valence-electron chi connectivity index (χ4n) is 1.67. The lowest BCUT2D eigenvalue weighted by Gasteiger charge is -2.09. The number of aryl methyl sites for hydroxylation is 1. The van der Waals surface area contributed by atoms with Gasteiger partial charge in [0.25, 0.3) is 0 Å². The van der Waals surface area contributed by atoms with Gasteiger partial charge in [0.1, 0.15) is 5.75 Å². The Kier molecular flexibility index (Phi) is 5.95. The van der Waals surface area contributed by atoms with Gasteiger partial charge in [-0.3, -0.25) is 14.0 Å². The van der Waals surface area contributed by atoms with Crippen LogP contribution in [0.4, 0.5) is 0 Å². The fourth-order valence-corrected chi connectivity index (χ4v) is 2.96. The van der Waals surface area contributed by atoms with Crippen LogP contribution in [0, 0.1) is 12.8 Å². The first kappa shape index (κ1) is 15.6. The summed E-state index contributed by atoms with van der Waals surface area (Å²) in [4.78, 5) is 15.6. The van der Waals surface area contributed by atoms with Crippen LogP contribution < -0.4 is 4.74 Å². The Labute approximate surface area is 115 Å². The van der Waals surface area contributed by atoms with Gasteiger partial charge in [0, 0.05) is 34.4 Å². The largest absolute Gasteiger partial charge is 0.497 e. The van der Waals surface area contributed by atoms with E-state index in [-0.39, 0.29) is 17.6 Å². The molecule has 0 bridgehead atoms. The smallest absolute Gasteiger partial charge is 0.309 e. The van der Waals surface area contributed by atoms with Crippen molar-refractivity contribution in [2.75, 3.05) is 20.0 Å². The van der Waals surface area contributed by atoms with Crippen molar-refractivity contribution in [1.29, 1.82) is 0 Å². The molecule has 0 aromatic carbocycles. The number of ether oxygens (including phenoxy) is 2. The summed E-state index contributed by atoms with van der Waals surface area (Å²) in [6.45, 7) is 3.56. The number of hydrogen-bond acceptors (Lipinski definition) is 5. The van der Waals surface area contributed by atoms with Crippen LogP contribution in [0.3, 0.4) is 0 Å². The molecule has 0 aliphatic heterocycles. The van der Waals surface area contributed by atoms with Gasteiger partial charge in [0.05, 0.1) is 31.6 Å². The highest BCUT2D eigenvalue weighted by Crippen LogP contribution is 2.15. The molecule has 0 N–H and O–H groups in total. The Morgan fingerprint density at radius 2 is 2.11 bits per heavy atom. The van der Waals surface area contributed by atoms with Crippen molar-refractivity contribution >= 4 is 16.8 Å². The van der Waals surface area contributed by atoms with Crippen molar-refractivity contribution in [1.82, 2.24) is 4.98 Å². The second-order valence-electron chi connectivity index (χ2n) is 4.31. The van der Waals surface area contributed by atoms with Crippen molar-refractivity contribution in [3.05, 3.63) is 23.5 Å². The monoisotopic (exact) mass is 285 g/mol. The minimum absolute atomic E-state index is 0.268. The zero-order valence-electron chi connectivity index (χ0n) is 11.6. The molecule has 6 heteroatoms. The van der Waals surface area contributed by atoms with E-state index in [1.165, 1.54) is 7.11 Å². The molecule has 1 aromatic heterocycles. The first-order valence-corrected chi connectivity index (χ1v) is 7.39. The van der Waals surface area contributed by atoms with Crippen LogP contribution in [0.1, 0.15) is 18.3 Å². The van der Waals surface area contributed by atoms with E-state index in [1.807, 2.05) is 13.0 Å². The number of methoxy groups -OCH3 is 2. The second-order valence-corrected chi connectivity index (χ2v) is 5.82. The van der Waals surface area contributed by atoms with Crippen molar-refractivity contribution in [2.24, 2.45) is 5.92 Å². The lowest BCUT2D eigenvalue weighted by Crippen LogP contribution is -2.20. The third-order valence-corrected chi connectivity index (χ3v) is 4.05. The summed E-state index contributed by atoms with van der Waals surface area (Å²) in [6.07, 6.45) is 0. The molecule has 2 atom stereocenters. The molecule has 0 spiro atoms. The van der Waals surface area contributed by atoms with Gasteiger partial charge in [-0.1, -0.05) is 6.92 Å². The molecule has 106 valence electrons. The van der Waals surface area contributed by atoms with Gasteiger partial charge < -0.3 is 9.47 Å². The number of nitrogens with zero attached hydrogens (tertiary/aromatic N) is 1. The second kappa shape index (κ2) is 7.23. The van der Waals surface area contributed by atoms with Crippen LogP contribution in [0.2, 0.25) is 0 Å². The average Bonchev–Trinajstić information content (AvgIpc) is 2.36. The molecule has 0 saturated heterocycles. The van der Waals surface area contributed by atoms with E-state index in [9.17, 15) is 9.00 Å². The number of carbonyl (C=O) groups is 1. The lowest BCUT2D eigenvalue weighted by molar-refractivity contribution is -0.144. The Hall–Kier alpha value is -1.43. The maximum Gasteiger partial charge on any atom is 0.309 e. The molecular formula is C13H19NO4S. The molecule has 0 fully saturated rings. The molecule has 0 amide bonds. The maximum absolute atomic E-state index is 12.0. The summed E-state index contributed by atoms with van der Waals surface area (Å²) >= 11 is 0. The summed E-state index contributed by atoms with van der Waals surface area (Å²) in [6, 6.07) is 3.57. The van der Waals surface area contributed by atoms with Crippen molar-refractivity contribution in [3.8, 4) is 5.75 Å². The number of pyridine rings is 1. The van der Waals surface area contributed by atoms with Crippen molar-refractivity contribution < 1.29 is 18.5 Å². The van der Waals surface area contributed by atoms with Gasteiger partial charge in [-0.05, 0) is 6.92 Å². The fraction of sp³-hybridized carbons (Fsp3) is 0.538. The summed E-state index contributed by atoms with van der Waals surface area (Å²) in [5, 5.41) is 0. The summed E-state index contributed by atoms with van der Waals surface area (Å²) < 4.78 is 21.7. The van der Waals surface area contributed by atoms with Crippen molar-refractivity contribution in [2.45, 2.75) is 19.6 Å². The SMILES string of the molecule is COC(=O)C(C)CS(=O)Cc1cc(OC)cc(C)n1. The predicted molar refractivity (Wildman–Crippen MR) is 73.4 cm³/mol. The molecule has 1 aromatic rings. The minimum Gasteiger partial charge on any atom is -0.497 e. The number of rotatable bonds is 6. The van der Waals surface area contributed by atoms with Gasteiger partial charge >= 0.3 is 5.97 Å². The number of hydrogen-bond donors (Lipinski definition) is 0. The zero-order chi connectivity index (χ0) is 14.4. The van der Waals surface area contributed by atoms with E-state index < -0.39 is 10.8 Å². The van der Waals surface area contributed by atoms with E-state index in [0.29, 0.717) is 17.2 Å². The first-order valence-electron chi connectivity index (χ1n) is 5.90. The Balaban J connectivity index is 2.66. The van der Waals surface area contributed by atoms with E-state index >= 15 is 0 Å². The molecule has 0 aliphatic rings. The van der Waals surface area contributed by atoms with Crippen LogP contribution in [-0.2, 0) is 26.1 Å². The molecule has 0 saturated carbocycles. The number of aromatic nitrogens is 1. The predicted octanol–water partition coefficient (Wildman–Crippen LogP) is 1.46. The van der Waals surface area contributed by atoms with Gasteiger partial charge in [-0.2, -0.15) is 0 Å². The van der Waals surface area contributed by atoms with Gasteiger partial charge in [-0.25, -0.2) is 0 Å². The van der Waals surface area contributed by atoms with Crippen LogP contribution in [0.15, 0.2) is 12.1 Å².